The zero-order valence-electron chi connectivity index (χ0n) is 8.42. The van der Waals surface area contributed by atoms with Crippen LogP contribution in [0.3, 0.4) is 0 Å². The molecule has 1 aliphatic rings. The van der Waals surface area contributed by atoms with Crippen molar-refractivity contribution in [2.45, 2.75) is 13.8 Å². The van der Waals surface area contributed by atoms with Crippen molar-refractivity contribution >= 4 is 18.1 Å². The molecule has 3 heteroatoms. The summed E-state index contributed by atoms with van der Waals surface area (Å²) >= 11 is 0. The van der Waals surface area contributed by atoms with Gasteiger partial charge in [-0.15, -0.1) is 0 Å². The third-order valence-corrected chi connectivity index (χ3v) is 2.41. The molecule has 3 nitrogen and oxygen atoms in total. The number of hydrogen-bond donors (Lipinski definition) is 2. The Bertz CT molecular complexity index is 468. The number of fused-ring (bicyclic) bond motifs is 1. The van der Waals surface area contributed by atoms with Gasteiger partial charge in [-0.3, -0.25) is 4.79 Å². The van der Waals surface area contributed by atoms with E-state index in [1.54, 1.807) is 6.20 Å². The quantitative estimate of drug-likeness (QED) is 0.643. The monoisotopic (exact) mass is 190 g/mol. The maximum atomic E-state index is 11.8. The van der Waals surface area contributed by atoms with E-state index in [9.17, 15) is 4.79 Å². The highest BCUT2D eigenvalue weighted by molar-refractivity contribution is 5.97. The van der Waals surface area contributed by atoms with Crippen molar-refractivity contribution in [2.75, 3.05) is 6.54 Å². The lowest BCUT2D eigenvalue weighted by Gasteiger charge is -2.03. The number of aromatic amines is 1. The third kappa shape index (κ3) is 1.35. The van der Waals surface area contributed by atoms with Gasteiger partial charge in [0.05, 0.1) is 0 Å². The van der Waals surface area contributed by atoms with Crippen LogP contribution in [0.25, 0.3) is 12.3 Å². The number of rotatable bonds is 2. The van der Waals surface area contributed by atoms with Crippen LogP contribution in [-0.2, 0) is 0 Å². The lowest BCUT2D eigenvalue weighted by molar-refractivity contribution is 0.0938. The summed E-state index contributed by atoms with van der Waals surface area (Å²) in [4.78, 5) is 14.9. The highest BCUT2D eigenvalue weighted by Gasteiger charge is 2.13. The lowest BCUT2D eigenvalue weighted by atomic mass is 10.0. The largest absolute Gasteiger partial charge is 0.387 e. The second-order valence-corrected chi connectivity index (χ2v) is 3.81. The van der Waals surface area contributed by atoms with Crippen LogP contribution in [0.4, 0.5) is 0 Å². The molecule has 1 aromatic rings. The topological polar surface area (TPSA) is 44.9 Å². The Morgan fingerprint density at radius 3 is 3.00 bits per heavy atom. The number of aromatic nitrogens is 1. The first-order valence-electron chi connectivity index (χ1n) is 4.85. The van der Waals surface area contributed by atoms with E-state index in [1.165, 1.54) is 0 Å². The SMILES string of the molecule is CC(C)C(=O)c1c[nH]c2c1=CNCC=2. The van der Waals surface area contributed by atoms with Gasteiger partial charge in [0.15, 0.2) is 5.78 Å². The Morgan fingerprint density at radius 1 is 1.50 bits per heavy atom. The van der Waals surface area contributed by atoms with E-state index >= 15 is 0 Å². The zero-order chi connectivity index (χ0) is 10.1. The maximum Gasteiger partial charge on any atom is 0.167 e. The molecule has 0 bridgehead atoms. The summed E-state index contributed by atoms with van der Waals surface area (Å²) < 4.78 is 0. The average Bonchev–Trinajstić information content (AvgIpc) is 2.60. The van der Waals surface area contributed by atoms with E-state index in [0.29, 0.717) is 0 Å². The van der Waals surface area contributed by atoms with E-state index in [4.69, 9.17) is 0 Å². The minimum atomic E-state index is 0.0465. The number of H-pyrrole nitrogens is 1. The molecule has 0 atom stereocenters. The van der Waals surface area contributed by atoms with Gasteiger partial charge < -0.3 is 10.3 Å². The highest BCUT2D eigenvalue weighted by atomic mass is 16.1. The number of ketones is 1. The number of carbonyl (C=O) groups excluding carboxylic acids is 1. The van der Waals surface area contributed by atoms with Crippen molar-refractivity contribution in [1.29, 1.82) is 0 Å². The molecule has 0 aliphatic carbocycles. The highest BCUT2D eigenvalue weighted by Crippen LogP contribution is 2.01. The standard InChI is InChI=1S/C11H14N2O/c1-7(2)11(14)9-6-13-10-3-4-12-5-8(9)10/h3,5-7,12-13H,4H2,1-2H3. The van der Waals surface area contributed by atoms with E-state index in [-0.39, 0.29) is 11.7 Å². The molecular formula is C11H14N2O. The van der Waals surface area contributed by atoms with Crippen molar-refractivity contribution in [3.63, 3.8) is 0 Å². The molecule has 2 N–H and O–H groups in total. The van der Waals surface area contributed by atoms with E-state index in [2.05, 4.69) is 10.3 Å². The molecule has 1 aromatic heterocycles. The van der Waals surface area contributed by atoms with Gasteiger partial charge in [0.2, 0.25) is 0 Å². The fourth-order valence-electron chi connectivity index (χ4n) is 1.61. The van der Waals surface area contributed by atoms with Gasteiger partial charge in [-0.25, -0.2) is 0 Å². The van der Waals surface area contributed by atoms with Gasteiger partial charge in [0.1, 0.15) is 0 Å². The number of Topliss-reactive ketones (excluding diaryl/α,β-unsaturated/α-hetero) is 1. The normalized spacial score (nSPS) is 13.9. The Balaban J connectivity index is 2.57. The van der Waals surface area contributed by atoms with Crippen molar-refractivity contribution in [3.8, 4) is 0 Å². The first kappa shape index (κ1) is 9.06. The summed E-state index contributed by atoms with van der Waals surface area (Å²) in [5, 5.41) is 5.15. The maximum absolute atomic E-state index is 11.8. The van der Waals surface area contributed by atoms with Crippen LogP contribution in [0.1, 0.15) is 24.2 Å². The second-order valence-electron chi connectivity index (χ2n) is 3.81. The van der Waals surface area contributed by atoms with Crippen molar-refractivity contribution in [3.05, 3.63) is 22.3 Å². The molecule has 0 radical (unpaired) electrons. The molecule has 2 heterocycles. The first-order chi connectivity index (χ1) is 6.70. The average molecular weight is 190 g/mol. The number of hydrogen-bond acceptors (Lipinski definition) is 2. The molecule has 14 heavy (non-hydrogen) atoms. The van der Waals surface area contributed by atoms with Crippen LogP contribution >= 0.6 is 0 Å². The zero-order valence-corrected chi connectivity index (χ0v) is 8.42. The lowest BCUT2D eigenvalue weighted by Crippen LogP contribution is -2.35. The van der Waals surface area contributed by atoms with Gasteiger partial charge in [0.25, 0.3) is 0 Å². The minimum Gasteiger partial charge on any atom is -0.387 e. The van der Waals surface area contributed by atoms with Crippen LogP contribution < -0.4 is 15.9 Å². The third-order valence-electron chi connectivity index (χ3n) is 2.41. The number of carbonyl (C=O) groups is 1. The fraction of sp³-hybridized carbons (Fsp3) is 0.364. The van der Waals surface area contributed by atoms with Crippen LogP contribution in [0, 0.1) is 5.92 Å². The fourth-order valence-corrected chi connectivity index (χ4v) is 1.61. The number of nitrogens with one attached hydrogen (secondary N) is 2. The molecule has 0 spiro atoms. The van der Waals surface area contributed by atoms with Gasteiger partial charge in [-0.2, -0.15) is 0 Å². The second kappa shape index (κ2) is 3.33. The van der Waals surface area contributed by atoms with Gasteiger partial charge >= 0.3 is 0 Å². The smallest absolute Gasteiger partial charge is 0.167 e. The van der Waals surface area contributed by atoms with Crippen LogP contribution in [0.5, 0.6) is 0 Å². The molecule has 2 rings (SSSR count). The Morgan fingerprint density at radius 2 is 2.29 bits per heavy atom. The molecular weight excluding hydrogens is 176 g/mol. The van der Waals surface area contributed by atoms with E-state index < -0.39 is 0 Å². The molecule has 0 fully saturated rings. The summed E-state index contributed by atoms with van der Waals surface area (Å²) in [5.41, 5.74) is 0.790. The molecule has 0 saturated carbocycles. The minimum absolute atomic E-state index is 0.0465. The van der Waals surface area contributed by atoms with Crippen molar-refractivity contribution in [2.24, 2.45) is 5.92 Å². The summed E-state index contributed by atoms with van der Waals surface area (Å²) in [6, 6.07) is 0. The summed E-state index contributed by atoms with van der Waals surface area (Å²) in [7, 11) is 0. The molecule has 0 amide bonds. The van der Waals surface area contributed by atoms with Crippen molar-refractivity contribution in [1.82, 2.24) is 10.3 Å². The summed E-state index contributed by atoms with van der Waals surface area (Å²) in [6.45, 7) is 4.66. The molecule has 0 unspecified atom stereocenters. The van der Waals surface area contributed by atoms with E-state index in [1.807, 2.05) is 26.1 Å². The molecule has 74 valence electrons. The van der Waals surface area contributed by atoms with Gasteiger partial charge in [-0.05, 0) is 6.08 Å². The molecule has 0 saturated heterocycles. The predicted octanol–water partition coefficient (Wildman–Crippen LogP) is -0.0249. The van der Waals surface area contributed by atoms with Crippen LogP contribution in [-0.4, -0.2) is 17.3 Å². The Labute approximate surface area is 82.5 Å². The predicted molar refractivity (Wildman–Crippen MR) is 56.1 cm³/mol. The van der Waals surface area contributed by atoms with E-state index in [0.717, 1.165) is 22.7 Å². The summed E-state index contributed by atoms with van der Waals surface area (Å²) in [6.07, 6.45) is 5.75. The van der Waals surface area contributed by atoms with Gasteiger partial charge in [0, 0.05) is 41.0 Å². The van der Waals surface area contributed by atoms with Crippen LogP contribution in [0.2, 0.25) is 0 Å². The molecule has 1 aliphatic heterocycles. The molecule has 0 aromatic carbocycles. The Kier molecular flexibility index (Phi) is 2.15. The van der Waals surface area contributed by atoms with Crippen LogP contribution in [0.15, 0.2) is 6.20 Å². The van der Waals surface area contributed by atoms with Crippen molar-refractivity contribution < 1.29 is 4.79 Å². The Hall–Kier alpha value is -1.51. The van der Waals surface area contributed by atoms with Gasteiger partial charge in [-0.1, -0.05) is 13.8 Å². The first-order valence-corrected chi connectivity index (χ1v) is 4.85. The summed E-state index contributed by atoms with van der Waals surface area (Å²) in [5.74, 6) is 0.237.